The van der Waals surface area contributed by atoms with Crippen molar-refractivity contribution in [2.24, 2.45) is 23.7 Å². The number of ether oxygens (including phenoxy) is 4. The summed E-state index contributed by atoms with van der Waals surface area (Å²) in [4.78, 5) is 47.5. The van der Waals surface area contributed by atoms with Crippen LogP contribution in [0.4, 0.5) is 0 Å². The Hall–Kier alpha value is -3.09. The van der Waals surface area contributed by atoms with Gasteiger partial charge in [0.1, 0.15) is 20.2 Å². The van der Waals surface area contributed by atoms with Gasteiger partial charge in [-0.25, -0.2) is 36.0 Å². The number of hydrogen-bond donors (Lipinski definition) is 0. The van der Waals surface area contributed by atoms with Crippen LogP contribution in [0, 0.1) is 23.7 Å². The van der Waals surface area contributed by atoms with E-state index in [0.29, 0.717) is 49.4 Å². The molecule has 14 nitrogen and oxygen atoms in total. The van der Waals surface area contributed by atoms with Gasteiger partial charge in [0.05, 0.1) is 58.5 Å². The number of benzene rings is 2. The number of rotatable bonds is 22. The van der Waals surface area contributed by atoms with Crippen molar-refractivity contribution in [3.8, 4) is 0 Å². The predicted octanol–water partition coefficient (Wildman–Crippen LogP) is 7.17. The summed E-state index contributed by atoms with van der Waals surface area (Å²) < 4.78 is 88.8. The fourth-order valence-electron chi connectivity index (χ4n) is 4.92. The third-order valence-electron chi connectivity index (χ3n) is 7.97. The molecule has 0 bridgehead atoms. The molecule has 0 aliphatic rings. The third-order valence-corrected chi connectivity index (χ3v) is 9.60. The van der Waals surface area contributed by atoms with E-state index < -0.39 is 53.9 Å². The second-order valence-corrected chi connectivity index (χ2v) is 17.8. The Balaban J connectivity index is 0.00000108. The fraction of sp³-hybridized carbons (Fsp3) is 0.600. The Morgan fingerprint density at radius 2 is 0.632 bits per heavy atom. The van der Waals surface area contributed by atoms with Crippen LogP contribution in [0.15, 0.2) is 46.2 Å². The van der Waals surface area contributed by atoms with Crippen LogP contribution in [0.5, 0.6) is 0 Å². The van der Waals surface area contributed by atoms with Gasteiger partial charge in [-0.3, -0.25) is 0 Å². The van der Waals surface area contributed by atoms with Gasteiger partial charge < -0.3 is 28.1 Å². The minimum absolute atomic E-state index is 0. The van der Waals surface area contributed by atoms with Crippen LogP contribution in [0.3, 0.4) is 0 Å². The molecule has 0 radical (unpaired) electrons. The molecule has 0 saturated heterocycles. The molecule has 0 aliphatic carbocycles. The molecule has 0 fully saturated rings. The summed E-state index contributed by atoms with van der Waals surface area (Å²) in [6.07, 6.45) is 6.13. The largest absolute Gasteiger partial charge is 2.00 e. The summed E-state index contributed by atoms with van der Waals surface area (Å²) in [5, 5.41) is 0. The van der Waals surface area contributed by atoms with Gasteiger partial charge in [-0.05, 0) is 111 Å². The van der Waals surface area contributed by atoms with Crippen LogP contribution in [-0.4, -0.2) is 99.3 Å². The molecular formula is C40H58MgO14S2. The van der Waals surface area contributed by atoms with Gasteiger partial charge >= 0.3 is 46.9 Å². The molecule has 0 atom stereocenters. The molecule has 0 unspecified atom stereocenters. The molecule has 0 saturated carbocycles. The Morgan fingerprint density at radius 3 is 0.789 bits per heavy atom. The van der Waals surface area contributed by atoms with Gasteiger partial charge in [0.25, 0.3) is 0 Å². The Kier molecular flexibility index (Phi) is 25.4. The minimum Gasteiger partial charge on any atom is -0.744 e. The van der Waals surface area contributed by atoms with E-state index in [2.05, 4.69) is 0 Å². The maximum atomic E-state index is 12.2. The molecule has 2 aromatic carbocycles. The van der Waals surface area contributed by atoms with E-state index in [9.17, 15) is 45.1 Å². The van der Waals surface area contributed by atoms with Crippen molar-refractivity contribution in [2.75, 3.05) is 26.4 Å². The van der Waals surface area contributed by atoms with E-state index in [4.69, 9.17) is 18.9 Å². The zero-order valence-corrected chi connectivity index (χ0v) is 37.5. The van der Waals surface area contributed by atoms with Crippen LogP contribution < -0.4 is 0 Å². The summed E-state index contributed by atoms with van der Waals surface area (Å²) in [5.41, 5.74) is -0.683. The predicted molar refractivity (Wildman–Crippen MR) is 212 cm³/mol. The molecule has 0 aromatic heterocycles. The van der Waals surface area contributed by atoms with E-state index in [1.165, 1.54) is 12.1 Å². The second-order valence-electron chi connectivity index (χ2n) is 15.1. The average Bonchev–Trinajstić information content (AvgIpc) is 3.10. The maximum absolute atomic E-state index is 12.2. The van der Waals surface area contributed by atoms with Crippen molar-refractivity contribution < 1.29 is 64.1 Å². The maximum Gasteiger partial charge on any atom is 2.00 e. The number of carbonyl (C=O) groups excluding carboxylic acids is 4. The van der Waals surface area contributed by atoms with Crippen molar-refractivity contribution in [1.29, 1.82) is 0 Å². The zero-order chi connectivity index (χ0) is 42.6. The van der Waals surface area contributed by atoms with Gasteiger partial charge in [-0.15, -0.1) is 0 Å². The van der Waals surface area contributed by atoms with Crippen LogP contribution in [0.1, 0.15) is 148 Å². The smallest absolute Gasteiger partial charge is 0.744 e. The molecule has 0 N–H and O–H groups in total. The molecule has 0 aliphatic heterocycles. The van der Waals surface area contributed by atoms with E-state index in [1.807, 2.05) is 55.4 Å². The molecule has 57 heavy (non-hydrogen) atoms. The molecule has 0 amide bonds. The first-order valence-electron chi connectivity index (χ1n) is 18.9. The minimum atomic E-state index is -4.85. The molecule has 17 heteroatoms. The van der Waals surface area contributed by atoms with Gasteiger partial charge in [-0.2, -0.15) is 0 Å². The molecule has 316 valence electrons. The zero-order valence-electron chi connectivity index (χ0n) is 34.5. The van der Waals surface area contributed by atoms with Crippen LogP contribution in [-0.2, 0) is 39.2 Å². The summed E-state index contributed by atoms with van der Waals surface area (Å²) in [6, 6.07) is 6.05. The fourth-order valence-corrected chi connectivity index (χ4v) is 6.00. The van der Waals surface area contributed by atoms with Gasteiger partial charge in [-0.1, -0.05) is 55.4 Å². The van der Waals surface area contributed by atoms with Crippen molar-refractivity contribution in [1.82, 2.24) is 0 Å². The topological polar surface area (TPSA) is 220 Å². The van der Waals surface area contributed by atoms with Gasteiger partial charge in [0.2, 0.25) is 0 Å². The quantitative estimate of drug-likeness (QED) is 0.0377. The Morgan fingerprint density at radius 1 is 0.439 bits per heavy atom. The Bertz CT molecular complexity index is 1580. The molecule has 0 heterocycles. The average molecular weight is 851 g/mol. The first-order chi connectivity index (χ1) is 26.0. The van der Waals surface area contributed by atoms with Crippen molar-refractivity contribution >= 4 is 67.2 Å². The Labute approximate surface area is 354 Å². The molecule has 2 rings (SSSR count). The number of hydrogen-bond acceptors (Lipinski definition) is 14. The summed E-state index contributed by atoms with van der Waals surface area (Å²) in [5.74, 6) is -1.30. The van der Waals surface area contributed by atoms with Crippen LogP contribution in [0.25, 0.3) is 0 Å². The van der Waals surface area contributed by atoms with E-state index >= 15 is 0 Å². The summed E-state index contributed by atoms with van der Waals surface area (Å²) in [6.45, 7) is 17.0. The van der Waals surface area contributed by atoms with E-state index in [0.717, 1.165) is 49.9 Å². The van der Waals surface area contributed by atoms with E-state index in [-0.39, 0.29) is 71.7 Å². The normalized spacial score (nSPS) is 11.5. The molecular weight excluding hydrogens is 793 g/mol. The first-order valence-corrected chi connectivity index (χ1v) is 21.7. The monoisotopic (exact) mass is 850 g/mol. The van der Waals surface area contributed by atoms with E-state index in [1.54, 1.807) is 0 Å². The number of esters is 4. The van der Waals surface area contributed by atoms with Crippen molar-refractivity contribution in [3.05, 3.63) is 58.7 Å². The molecule has 0 spiro atoms. The molecule has 2 aromatic rings. The SMILES string of the molecule is CC(C)CCCOC(=O)c1cc(C(=O)OCCCC(C)C)cc(S(=O)(=O)[O-])c1.CC(C)CCCOC(=O)c1cc(C(=O)OCCCC(C)C)cc(S(=O)(=O)[O-])c1.[Mg+2]. The van der Waals surface area contributed by atoms with Crippen molar-refractivity contribution in [3.63, 3.8) is 0 Å². The second kappa shape index (κ2) is 26.8. The summed E-state index contributed by atoms with van der Waals surface area (Å²) in [7, 11) is -9.71. The third kappa shape index (κ3) is 23.2. The van der Waals surface area contributed by atoms with Gasteiger partial charge in [0, 0.05) is 0 Å². The first kappa shape index (κ1) is 53.9. The van der Waals surface area contributed by atoms with Crippen molar-refractivity contribution in [2.45, 2.75) is 117 Å². The number of carbonyl (C=O) groups is 4. The van der Waals surface area contributed by atoms with Gasteiger partial charge in [0.15, 0.2) is 0 Å². The standard InChI is InChI=1S/2C20H30O7S.Mg/c2*1-14(2)7-5-9-26-19(21)16-11-17(13-18(12-16)28(23,24)25)20(22)27-10-6-8-15(3)4;/h2*11-15H,5-10H2,1-4H3,(H,23,24,25);/q;;+2/p-2. The summed E-state index contributed by atoms with van der Waals surface area (Å²) >= 11 is 0. The van der Waals surface area contributed by atoms with Crippen LogP contribution >= 0.6 is 0 Å². The van der Waals surface area contributed by atoms with Crippen LogP contribution in [0.2, 0.25) is 0 Å².